The molecule has 0 spiro atoms. The molecule has 0 aliphatic rings. The van der Waals surface area contributed by atoms with Crippen LogP contribution in [0.1, 0.15) is 28.3 Å². The molecule has 20 heavy (non-hydrogen) atoms. The minimum atomic E-state index is -0.136. The third kappa shape index (κ3) is 2.96. The van der Waals surface area contributed by atoms with Gasteiger partial charge in [-0.25, -0.2) is 5.43 Å². The van der Waals surface area contributed by atoms with Crippen molar-refractivity contribution in [3.8, 4) is 5.75 Å². The second kappa shape index (κ2) is 6.27. The summed E-state index contributed by atoms with van der Waals surface area (Å²) in [6.45, 7) is 4.11. The summed E-state index contributed by atoms with van der Waals surface area (Å²) in [7, 11) is 1.67. The Balaban J connectivity index is 2.54. The number of rotatable bonds is 4. The van der Waals surface area contributed by atoms with Gasteiger partial charge in [0.25, 0.3) is 0 Å². The smallest absolute Gasteiger partial charge is 0.124 e. The Morgan fingerprint density at radius 3 is 2.35 bits per heavy atom. The van der Waals surface area contributed by atoms with Crippen molar-refractivity contribution in [3.05, 3.63) is 63.7 Å². The van der Waals surface area contributed by atoms with E-state index in [-0.39, 0.29) is 6.04 Å². The van der Waals surface area contributed by atoms with Gasteiger partial charge < -0.3 is 4.74 Å². The zero-order valence-electron chi connectivity index (χ0n) is 11.9. The maximum Gasteiger partial charge on any atom is 0.124 e. The van der Waals surface area contributed by atoms with E-state index >= 15 is 0 Å². The van der Waals surface area contributed by atoms with Gasteiger partial charge in [-0.3, -0.25) is 5.84 Å². The maximum atomic E-state index is 5.94. The number of hydrogen-bond donors (Lipinski definition) is 2. The van der Waals surface area contributed by atoms with Crippen molar-refractivity contribution < 1.29 is 4.74 Å². The monoisotopic (exact) mass is 290 g/mol. The first kappa shape index (κ1) is 14.9. The van der Waals surface area contributed by atoms with Crippen molar-refractivity contribution in [1.29, 1.82) is 0 Å². The van der Waals surface area contributed by atoms with Crippen LogP contribution >= 0.6 is 11.6 Å². The molecule has 0 heterocycles. The standard InChI is InChI=1S/C16H19ClN2O/c1-10-8-11(2)15(14(9-10)20-3)16(19-18)12-4-6-13(17)7-5-12/h4-9,16,19H,18H2,1-3H3. The number of benzene rings is 2. The van der Waals surface area contributed by atoms with Gasteiger partial charge in [-0.2, -0.15) is 0 Å². The molecule has 0 aliphatic carbocycles. The third-order valence-corrected chi connectivity index (χ3v) is 3.62. The Kier molecular flexibility index (Phi) is 4.65. The van der Waals surface area contributed by atoms with E-state index in [4.69, 9.17) is 22.2 Å². The van der Waals surface area contributed by atoms with Gasteiger partial charge in [0, 0.05) is 10.6 Å². The largest absolute Gasteiger partial charge is 0.496 e. The fraction of sp³-hybridized carbons (Fsp3) is 0.250. The van der Waals surface area contributed by atoms with E-state index in [1.807, 2.05) is 37.3 Å². The fourth-order valence-corrected chi connectivity index (χ4v) is 2.61. The van der Waals surface area contributed by atoms with Gasteiger partial charge in [0.1, 0.15) is 5.75 Å². The predicted octanol–water partition coefficient (Wildman–Crippen LogP) is 3.52. The van der Waals surface area contributed by atoms with Crippen LogP contribution in [-0.4, -0.2) is 7.11 Å². The molecule has 1 unspecified atom stereocenters. The summed E-state index contributed by atoms with van der Waals surface area (Å²) in [5, 5.41) is 0.706. The topological polar surface area (TPSA) is 47.3 Å². The Hall–Kier alpha value is -1.55. The minimum absolute atomic E-state index is 0.136. The molecule has 3 nitrogen and oxygen atoms in total. The van der Waals surface area contributed by atoms with Crippen LogP contribution in [-0.2, 0) is 0 Å². The molecule has 2 aromatic carbocycles. The highest BCUT2D eigenvalue weighted by Gasteiger charge is 2.19. The number of hydrazine groups is 1. The zero-order valence-corrected chi connectivity index (χ0v) is 12.7. The summed E-state index contributed by atoms with van der Waals surface area (Å²) in [5.74, 6) is 6.60. The molecular formula is C16H19ClN2O. The van der Waals surface area contributed by atoms with Crippen molar-refractivity contribution in [2.24, 2.45) is 5.84 Å². The lowest BCUT2D eigenvalue weighted by Crippen LogP contribution is -2.29. The van der Waals surface area contributed by atoms with E-state index < -0.39 is 0 Å². The molecule has 2 rings (SSSR count). The van der Waals surface area contributed by atoms with Gasteiger partial charge in [0.2, 0.25) is 0 Å². The average Bonchev–Trinajstić information content (AvgIpc) is 2.43. The second-order valence-electron chi connectivity index (χ2n) is 4.85. The molecule has 0 radical (unpaired) electrons. The molecule has 3 N–H and O–H groups in total. The lowest BCUT2D eigenvalue weighted by atomic mass is 9.93. The highest BCUT2D eigenvalue weighted by molar-refractivity contribution is 6.30. The SMILES string of the molecule is COc1cc(C)cc(C)c1C(NN)c1ccc(Cl)cc1. The maximum absolute atomic E-state index is 5.94. The number of methoxy groups -OCH3 is 1. The van der Waals surface area contributed by atoms with E-state index in [1.54, 1.807) is 7.11 Å². The van der Waals surface area contributed by atoms with Gasteiger partial charge in [0.05, 0.1) is 13.2 Å². The zero-order chi connectivity index (χ0) is 14.7. The predicted molar refractivity (Wildman–Crippen MR) is 83.1 cm³/mol. The molecule has 1 atom stereocenters. The van der Waals surface area contributed by atoms with E-state index in [0.29, 0.717) is 5.02 Å². The molecular weight excluding hydrogens is 272 g/mol. The van der Waals surface area contributed by atoms with Crippen LogP contribution in [0.2, 0.25) is 5.02 Å². The molecule has 0 saturated heterocycles. The summed E-state index contributed by atoms with van der Waals surface area (Å²) in [6, 6.07) is 11.6. The molecule has 4 heteroatoms. The molecule has 2 aromatic rings. The van der Waals surface area contributed by atoms with E-state index in [1.165, 1.54) is 0 Å². The minimum Gasteiger partial charge on any atom is -0.496 e. The Morgan fingerprint density at radius 2 is 1.80 bits per heavy atom. The van der Waals surface area contributed by atoms with E-state index in [2.05, 4.69) is 18.4 Å². The number of ether oxygens (including phenoxy) is 1. The summed E-state index contributed by atoms with van der Waals surface area (Å²) >= 11 is 5.94. The summed E-state index contributed by atoms with van der Waals surface area (Å²) in [5.41, 5.74) is 7.25. The van der Waals surface area contributed by atoms with Crippen LogP contribution in [0.15, 0.2) is 36.4 Å². The fourth-order valence-electron chi connectivity index (χ4n) is 2.48. The van der Waals surface area contributed by atoms with Gasteiger partial charge in [-0.1, -0.05) is 29.8 Å². The van der Waals surface area contributed by atoms with Crippen LogP contribution in [0.4, 0.5) is 0 Å². The highest BCUT2D eigenvalue weighted by Crippen LogP contribution is 2.33. The lowest BCUT2D eigenvalue weighted by molar-refractivity contribution is 0.403. The van der Waals surface area contributed by atoms with Gasteiger partial charge in [-0.15, -0.1) is 0 Å². The quantitative estimate of drug-likeness (QED) is 0.669. The number of nitrogens with two attached hydrogens (primary N) is 1. The third-order valence-electron chi connectivity index (χ3n) is 3.37. The molecule has 0 saturated carbocycles. The Bertz CT molecular complexity index is 596. The number of halogens is 1. The summed E-state index contributed by atoms with van der Waals surface area (Å²) in [6.07, 6.45) is 0. The molecule has 0 aliphatic heterocycles. The summed E-state index contributed by atoms with van der Waals surface area (Å²) < 4.78 is 5.51. The Morgan fingerprint density at radius 1 is 1.15 bits per heavy atom. The molecule has 0 aromatic heterocycles. The summed E-state index contributed by atoms with van der Waals surface area (Å²) in [4.78, 5) is 0. The van der Waals surface area contributed by atoms with Crippen molar-refractivity contribution in [2.75, 3.05) is 7.11 Å². The normalized spacial score (nSPS) is 12.2. The molecule has 0 amide bonds. The van der Waals surface area contributed by atoms with Crippen molar-refractivity contribution in [1.82, 2.24) is 5.43 Å². The lowest BCUT2D eigenvalue weighted by Gasteiger charge is -2.22. The first-order valence-electron chi connectivity index (χ1n) is 6.43. The average molecular weight is 291 g/mol. The Labute approximate surface area is 124 Å². The van der Waals surface area contributed by atoms with Gasteiger partial charge in [0.15, 0.2) is 0 Å². The van der Waals surface area contributed by atoms with Crippen molar-refractivity contribution in [3.63, 3.8) is 0 Å². The van der Waals surface area contributed by atoms with Crippen molar-refractivity contribution >= 4 is 11.6 Å². The first-order valence-corrected chi connectivity index (χ1v) is 6.81. The van der Waals surface area contributed by atoms with Crippen molar-refractivity contribution in [2.45, 2.75) is 19.9 Å². The number of hydrogen-bond acceptors (Lipinski definition) is 3. The highest BCUT2D eigenvalue weighted by atomic mass is 35.5. The van der Waals surface area contributed by atoms with Crippen LogP contribution in [0.3, 0.4) is 0 Å². The number of nitrogens with one attached hydrogen (secondary N) is 1. The van der Waals surface area contributed by atoms with E-state index in [0.717, 1.165) is 28.0 Å². The van der Waals surface area contributed by atoms with Gasteiger partial charge >= 0.3 is 0 Å². The first-order chi connectivity index (χ1) is 9.56. The second-order valence-corrected chi connectivity index (χ2v) is 5.29. The van der Waals surface area contributed by atoms with Crippen LogP contribution in [0.25, 0.3) is 0 Å². The molecule has 0 fully saturated rings. The van der Waals surface area contributed by atoms with Crippen LogP contribution in [0, 0.1) is 13.8 Å². The van der Waals surface area contributed by atoms with Crippen LogP contribution < -0.4 is 16.0 Å². The van der Waals surface area contributed by atoms with E-state index in [9.17, 15) is 0 Å². The van der Waals surface area contributed by atoms with Gasteiger partial charge in [-0.05, 0) is 48.7 Å². The molecule has 106 valence electrons. The molecule has 0 bridgehead atoms. The number of aryl methyl sites for hydroxylation is 2. The van der Waals surface area contributed by atoms with Crippen LogP contribution in [0.5, 0.6) is 5.75 Å².